The summed E-state index contributed by atoms with van der Waals surface area (Å²) in [6.45, 7) is 0.376. The van der Waals surface area contributed by atoms with Gasteiger partial charge < -0.3 is 10.6 Å². The van der Waals surface area contributed by atoms with Gasteiger partial charge in [-0.1, -0.05) is 29.4 Å². The van der Waals surface area contributed by atoms with Crippen LogP contribution in [0.2, 0.25) is 0 Å². The Bertz CT molecular complexity index is 379. The van der Waals surface area contributed by atoms with Crippen molar-refractivity contribution in [3.8, 4) is 6.07 Å². The van der Waals surface area contributed by atoms with E-state index in [9.17, 15) is 0 Å². The molecule has 72 valence electrons. The van der Waals surface area contributed by atoms with Gasteiger partial charge >= 0.3 is 0 Å². The maximum absolute atomic E-state index is 8.83. The largest absolute Gasteiger partial charge is 0.398 e. The number of oxime groups is 1. The van der Waals surface area contributed by atoms with Gasteiger partial charge in [-0.3, -0.25) is 0 Å². The predicted octanol–water partition coefficient (Wildman–Crippen LogP) is 1.02. The second-order valence-electron chi connectivity index (χ2n) is 2.60. The highest BCUT2D eigenvalue weighted by Crippen LogP contribution is 2.09. The van der Waals surface area contributed by atoms with E-state index in [4.69, 9.17) is 11.0 Å². The van der Waals surface area contributed by atoms with Crippen molar-refractivity contribution < 1.29 is 4.84 Å². The predicted molar refractivity (Wildman–Crippen MR) is 53.5 cm³/mol. The number of rotatable bonds is 3. The molecule has 0 spiro atoms. The summed E-state index contributed by atoms with van der Waals surface area (Å²) in [6, 6.07) is 9.32. The maximum atomic E-state index is 8.83. The van der Waals surface area contributed by atoms with Crippen LogP contribution in [0.1, 0.15) is 11.1 Å². The van der Waals surface area contributed by atoms with Gasteiger partial charge in [0, 0.05) is 12.1 Å². The molecular formula is C10H11N3O. The minimum atomic E-state index is 0.244. The first-order valence-electron chi connectivity index (χ1n) is 4.13. The number of benzene rings is 1. The molecule has 0 fully saturated rings. The minimum Gasteiger partial charge on any atom is -0.398 e. The molecular weight excluding hydrogens is 178 g/mol. The average Bonchev–Trinajstić information content (AvgIpc) is 2.26. The maximum Gasteiger partial charge on any atom is 0.187 e. The van der Waals surface area contributed by atoms with Gasteiger partial charge in [-0.25, -0.2) is 0 Å². The van der Waals surface area contributed by atoms with Crippen LogP contribution < -0.4 is 5.73 Å². The lowest BCUT2D eigenvalue weighted by atomic mass is 10.0. The molecule has 0 unspecified atom stereocenters. The molecule has 0 saturated carbocycles. The summed E-state index contributed by atoms with van der Waals surface area (Å²) in [5.74, 6) is 0. The molecule has 14 heavy (non-hydrogen) atoms. The standard InChI is InChI=1S/C10H11N3O/c1-14-13-10(7-12)9-5-3-2-4-8(9)6-11/h2-5H,6,11H2,1H3/b13-10+. The number of nitrogens with zero attached hydrogens (tertiary/aromatic N) is 2. The third-order valence-electron chi connectivity index (χ3n) is 1.78. The van der Waals surface area contributed by atoms with Crippen LogP contribution in [0.3, 0.4) is 0 Å². The van der Waals surface area contributed by atoms with E-state index in [-0.39, 0.29) is 5.71 Å². The summed E-state index contributed by atoms with van der Waals surface area (Å²) in [4.78, 5) is 4.57. The highest BCUT2D eigenvalue weighted by molar-refractivity contribution is 6.12. The Morgan fingerprint density at radius 3 is 2.86 bits per heavy atom. The Morgan fingerprint density at radius 1 is 1.57 bits per heavy atom. The van der Waals surface area contributed by atoms with E-state index in [2.05, 4.69) is 9.99 Å². The molecule has 1 aromatic rings. The topological polar surface area (TPSA) is 71.4 Å². The van der Waals surface area contributed by atoms with E-state index in [1.807, 2.05) is 24.3 Å². The van der Waals surface area contributed by atoms with Crippen molar-refractivity contribution in [2.75, 3.05) is 7.11 Å². The molecule has 0 heterocycles. The van der Waals surface area contributed by atoms with Crippen molar-refractivity contribution in [1.82, 2.24) is 0 Å². The van der Waals surface area contributed by atoms with Crippen LogP contribution in [0.5, 0.6) is 0 Å². The first-order valence-corrected chi connectivity index (χ1v) is 4.13. The van der Waals surface area contributed by atoms with Crippen LogP contribution in [0.15, 0.2) is 29.4 Å². The lowest BCUT2D eigenvalue weighted by Gasteiger charge is -2.03. The van der Waals surface area contributed by atoms with E-state index in [0.29, 0.717) is 6.54 Å². The van der Waals surface area contributed by atoms with Crippen molar-refractivity contribution >= 4 is 5.71 Å². The van der Waals surface area contributed by atoms with Crippen LogP contribution >= 0.6 is 0 Å². The molecule has 0 amide bonds. The third kappa shape index (κ3) is 2.09. The smallest absolute Gasteiger partial charge is 0.187 e. The average molecular weight is 189 g/mol. The second-order valence-corrected chi connectivity index (χ2v) is 2.60. The van der Waals surface area contributed by atoms with Gasteiger partial charge in [-0.05, 0) is 5.56 Å². The second kappa shape index (κ2) is 5.00. The molecule has 4 nitrogen and oxygen atoms in total. The number of hydrogen-bond donors (Lipinski definition) is 1. The molecule has 0 aromatic heterocycles. The molecule has 2 N–H and O–H groups in total. The van der Waals surface area contributed by atoms with Gasteiger partial charge in [0.25, 0.3) is 0 Å². The molecule has 0 radical (unpaired) electrons. The Balaban J connectivity index is 3.17. The lowest BCUT2D eigenvalue weighted by molar-refractivity contribution is 0.214. The summed E-state index contributed by atoms with van der Waals surface area (Å²) in [5.41, 5.74) is 7.38. The van der Waals surface area contributed by atoms with E-state index >= 15 is 0 Å². The van der Waals surface area contributed by atoms with Gasteiger partial charge in [-0.2, -0.15) is 5.26 Å². The minimum absolute atomic E-state index is 0.244. The lowest BCUT2D eigenvalue weighted by Crippen LogP contribution is -2.06. The van der Waals surface area contributed by atoms with E-state index in [1.54, 1.807) is 6.07 Å². The third-order valence-corrected chi connectivity index (χ3v) is 1.78. The van der Waals surface area contributed by atoms with Crippen molar-refractivity contribution in [3.63, 3.8) is 0 Å². The number of nitriles is 1. The van der Waals surface area contributed by atoms with Crippen LogP contribution in [-0.4, -0.2) is 12.8 Å². The zero-order valence-electron chi connectivity index (χ0n) is 7.90. The molecule has 0 atom stereocenters. The van der Waals surface area contributed by atoms with E-state index in [1.165, 1.54) is 7.11 Å². The molecule has 0 saturated heterocycles. The van der Waals surface area contributed by atoms with Crippen molar-refractivity contribution in [1.29, 1.82) is 5.26 Å². The normalized spacial score (nSPS) is 10.8. The quantitative estimate of drug-likeness (QED) is 0.570. The number of nitrogens with two attached hydrogens (primary N) is 1. The van der Waals surface area contributed by atoms with Crippen molar-refractivity contribution in [2.45, 2.75) is 6.54 Å². The molecule has 0 bridgehead atoms. The fraction of sp³-hybridized carbons (Fsp3) is 0.200. The first-order chi connectivity index (χ1) is 6.83. The van der Waals surface area contributed by atoms with Crippen molar-refractivity contribution in [2.24, 2.45) is 10.9 Å². The zero-order chi connectivity index (χ0) is 10.4. The Morgan fingerprint density at radius 2 is 2.29 bits per heavy atom. The Hall–Kier alpha value is -1.86. The molecule has 4 heteroatoms. The van der Waals surface area contributed by atoms with Crippen molar-refractivity contribution in [3.05, 3.63) is 35.4 Å². The van der Waals surface area contributed by atoms with Crippen LogP contribution in [0.4, 0.5) is 0 Å². The summed E-state index contributed by atoms with van der Waals surface area (Å²) in [7, 11) is 1.41. The van der Waals surface area contributed by atoms with Gasteiger partial charge in [0.2, 0.25) is 0 Å². The van der Waals surface area contributed by atoms with Crippen LogP contribution in [0, 0.1) is 11.3 Å². The summed E-state index contributed by atoms with van der Waals surface area (Å²) in [5, 5.41) is 12.5. The van der Waals surface area contributed by atoms with Crippen LogP contribution in [0.25, 0.3) is 0 Å². The fourth-order valence-corrected chi connectivity index (χ4v) is 1.15. The van der Waals surface area contributed by atoms with Crippen LogP contribution in [-0.2, 0) is 11.4 Å². The molecule has 0 aliphatic heterocycles. The number of hydrogen-bond acceptors (Lipinski definition) is 4. The van der Waals surface area contributed by atoms with Gasteiger partial charge in [0.15, 0.2) is 5.71 Å². The molecule has 1 aromatic carbocycles. The zero-order valence-corrected chi connectivity index (χ0v) is 7.90. The molecule has 1 rings (SSSR count). The van der Waals surface area contributed by atoms with Gasteiger partial charge in [0.1, 0.15) is 13.2 Å². The summed E-state index contributed by atoms with van der Waals surface area (Å²) < 4.78 is 0. The summed E-state index contributed by atoms with van der Waals surface area (Å²) >= 11 is 0. The fourth-order valence-electron chi connectivity index (χ4n) is 1.15. The highest BCUT2D eigenvalue weighted by Gasteiger charge is 2.07. The first kappa shape index (κ1) is 10.2. The van der Waals surface area contributed by atoms with E-state index < -0.39 is 0 Å². The van der Waals surface area contributed by atoms with Gasteiger partial charge in [-0.15, -0.1) is 0 Å². The Labute approximate surface area is 82.6 Å². The highest BCUT2D eigenvalue weighted by atomic mass is 16.6. The monoisotopic (exact) mass is 189 g/mol. The van der Waals surface area contributed by atoms with Gasteiger partial charge in [0.05, 0.1) is 0 Å². The SMILES string of the molecule is CO/N=C(\C#N)c1ccccc1CN. The molecule has 0 aliphatic rings. The summed E-state index contributed by atoms with van der Waals surface area (Å²) in [6.07, 6.45) is 0. The molecule has 0 aliphatic carbocycles. The van der Waals surface area contributed by atoms with E-state index in [0.717, 1.165) is 11.1 Å². The Kier molecular flexibility index (Phi) is 3.65.